The zero-order valence-electron chi connectivity index (χ0n) is 11.3. The molecule has 0 unspecified atom stereocenters. The van der Waals surface area contributed by atoms with Gasteiger partial charge in [-0.3, -0.25) is 0 Å². The standard InChI is InChI=1S/C14H15ClF3NO2/c1-2-11(8-20)19-7-12(15)13(21-19)9-3-5-10(6-4-9)14(16,17)18/h3-6,11,20H,2,7-8H2,1H3/t11-/m1/s1. The highest BCUT2D eigenvalue weighted by atomic mass is 35.5. The van der Waals surface area contributed by atoms with Crippen molar-refractivity contribution in [1.82, 2.24) is 5.06 Å². The Morgan fingerprint density at radius 1 is 1.33 bits per heavy atom. The van der Waals surface area contributed by atoms with Crippen LogP contribution in [-0.4, -0.2) is 29.4 Å². The van der Waals surface area contributed by atoms with Crippen molar-refractivity contribution in [3.8, 4) is 0 Å². The van der Waals surface area contributed by atoms with Gasteiger partial charge in [-0.1, -0.05) is 30.7 Å². The van der Waals surface area contributed by atoms with Crippen molar-refractivity contribution in [2.45, 2.75) is 25.6 Å². The van der Waals surface area contributed by atoms with Crippen LogP contribution < -0.4 is 0 Å². The molecule has 116 valence electrons. The molecule has 0 saturated carbocycles. The first-order valence-corrected chi connectivity index (χ1v) is 6.86. The molecule has 21 heavy (non-hydrogen) atoms. The second-order valence-corrected chi connectivity index (χ2v) is 5.18. The number of rotatable bonds is 4. The summed E-state index contributed by atoms with van der Waals surface area (Å²) < 4.78 is 37.6. The van der Waals surface area contributed by atoms with Gasteiger partial charge in [0.2, 0.25) is 0 Å². The van der Waals surface area contributed by atoms with Crippen molar-refractivity contribution in [3.63, 3.8) is 0 Å². The second-order valence-electron chi connectivity index (χ2n) is 4.72. The van der Waals surface area contributed by atoms with Gasteiger partial charge in [0.05, 0.1) is 29.8 Å². The maximum atomic E-state index is 12.5. The molecule has 7 heteroatoms. The topological polar surface area (TPSA) is 32.7 Å². The average Bonchev–Trinajstić information content (AvgIpc) is 2.81. The molecule has 0 amide bonds. The third-order valence-electron chi connectivity index (χ3n) is 3.31. The van der Waals surface area contributed by atoms with E-state index in [0.717, 1.165) is 12.1 Å². The van der Waals surface area contributed by atoms with Gasteiger partial charge in [-0.05, 0) is 18.6 Å². The Morgan fingerprint density at radius 3 is 2.43 bits per heavy atom. The van der Waals surface area contributed by atoms with E-state index < -0.39 is 11.7 Å². The van der Waals surface area contributed by atoms with Crippen LogP contribution >= 0.6 is 11.6 Å². The molecule has 1 heterocycles. The molecular weight excluding hydrogens is 307 g/mol. The van der Waals surface area contributed by atoms with Gasteiger partial charge in [0.1, 0.15) is 0 Å². The monoisotopic (exact) mass is 321 g/mol. The van der Waals surface area contributed by atoms with Crippen LogP contribution in [0.4, 0.5) is 13.2 Å². The lowest BCUT2D eigenvalue weighted by Crippen LogP contribution is -2.34. The number of halogens is 4. The minimum atomic E-state index is -4.37. The summed E-state index contributed by atoms with van der Waals surface area (Å²) in [6.07, 6.45) is -3.70. The van der Waals surface area contributed by atoms with Gasteiger partial charge in [-0.2, -0.15) is 13.2 Å². The molecule has 0 aromatic heterocycles. The molecule has 0 bridgehead atoms. The van der Waals surface area contributed by atoms with E-state index in [2.05, 4.69) is 0 Å². The van der Waals surface area contributed by atoms with Gasteiger partial charge in [0, 0.05) is 5.56 Å². The summed E-state index contributed by atoms with van der Waals surface area (Å²) in [6.45, 7) is 2.12. The molecule has 0 saturated heterocycles. The number of alkyl halides is 3. The predicted molar refractivity (Wildman–Crippen MR) is 73.2 cm³/mol. The molecule has 2 rings (SSSR count). The van der Waals surface area contributed by atoms with Crippen LogP contribution in [0, 0.1) is 0 Å². The van der Waals surface area contributed by atoms with E-state index in [1.165, 1.54) is 17.2 Å². The molecule has 0 aliphatic carbocycles. The fourth-order valence-electron chi connectivity index (χ4n) is 2.06. The summed E-state index contributed by atoms with van der Waals surface area (Å²) in [5.41, 5.74) is -0.247. The predicted octanol–water partition coefficient (Wildman–Crippen LogP) is 3.63. The number of aliphatic hydroxyl groups excluding tert-OH is 1. The largest absolute Gasteiger partial charge is 0.416 e. The maximum absolute atomic E-state index is 12.5. The van der Waals surface area contributed by atoms with E-state index in [9.17, 15) is 18.3 Å². The summed E-state index contributed by atoms with van der Waals surface area (Å²) in [4.78, 5) is 5.57. The summed E-state index contributed by atoms with van der Waals surface area (Å²) in [6, 6.07) is 4.42. The summed E-state index contributed by atoms with van der Waals surface area (Å²) >= 11 is 6.10. The molecule has 0 radical (unpaired) electrons. The Balaban J connectivity index is 2.17. The molecular formula is C14H15ClF3NO2. The van der Waals surface area contributed by atoms with Crippen LogP contribution in [0.1, 0.15) is 24.5 Å². The lowest BCUT2D eigenvalue weighted by atomic mass is 10.1. The number of nitrogens with zero attached hydrogens (tertiary/aromatic N) is 1. The molecule has 1 atom stereocenters. The molecule has 3 nitrogen and oxygen atoms in total. The fourth-order valence-corrected chi connectivity index (χ4v) is 2.32. The van der Waals surface area contributed by atoms with Gasteiger partial charge in [-0.15, -0.1) is 5.06 Å². The normalized spacial score (nSPS) is 18.0. The highest BCUT2D eigenvalue weighted by Gasteiger charge is 2.32. The Hall–Kier alpha value is -1.24. The van der Waals surface area contributed by atoms with Crippen molar-refractivity contribution in [2.75, 3.05) is 13.2 Å². The SMILES string of the molecule is CC[C@H](CO)N1CC(Cl)=C(c2ccc(C(F)(F)F)cc2)O1. The van der Waals surface area contributed by atoms with Gasteiger partial charge in [0.25, 0.3) is 0 Å². The summed E-state index contributed by atoms with van der Waals surface area (Å²) in [5.74, 6) is 0.331. The zero-order valence-corrected chi connectivity index (χ0v) is 12.1. The van der Waals surface area contributed by atoms with Gasteiger partial charge >= 0.3 is 6.18 Å². The molecule has 1 aliphatic rings. The Morgan fingerprint density at radius 2 is 1.95 bits per heavy atom. The maximum Gasteiger partial charge on any atom is 0.416 e. The van der Waals surface area contributed by atoms with Gasteiger partial charge in [0.15, 0.2) is 5.76 Å². The molecule has 1 aromatic carbocycles. The van der Waals surface area contributed by atoms with E-state index in [-0.39, 0.29) is 12.6 Å². The number of hydroxylamine groups is 2. The van der Waals surface area contributed by atoms with Gasteiger partial charge < -0.3 is 9.94 Å². The van der Waals surface area contributed by atoms with Crippen molar-refractivity contribution < 1.29 is 23.1 Å². The lowest BCUT2D eigenvalue weighted by molar-refractivity contribution is -0.137. The first-order valence-electron chi connectivity index (χ1n) is 6.48. The van der Waals surface area contributed by atoms with Crippen LogP contribution in [0.3, 0.4) is 0 Å². The van der Waals surface area contributed by atoms with Crippen molar-refractivity contribution >= 4 is 17.4 Å². The minimum Gasteiger partial charge on any atom is -0.403 e. The van der Waals surface area contributed by atoms with Crippen molar-refractivity contribution in [3.05, 3.63) is 40.4 Å². The number of hydrogen-bond donors (Lipinski definition) is 1. The molecule has 0 spiro atoms. The molecule has 1 aromatic rings. The highest BCUT2D eigenvalue weighted by Crippen LogP contribution is 2.34. The molecule has 1 N–H and O–H groups in total. The minimum absolute atomic E-state index is 0.0824. The van der Waals surface area contributed by atoms with Crippen LogP contribution in [0.15, 0.2) is 29.3 Å². The first kappa shape index (κ1) is 16.1. The Kier molecular flexibility index (Phi) is 4.81. The van der Waals surface area contributed by atoms with E-state index in [1.54, 1.807) is 0 Å². The third-order valence-corrected chi connectivity index (χ3v) is 3.60. The lowest BCUT2D eigenvalue weighted by Gasteiger charge is -2.24. The summed E-state index contributed by atoms with van der Waals surface area (Å²) in [5, 5.41) is 11.2. The fraction of sp³-hybridized carbons (Fsp3) is 0.429. The smallest absolute Gasteiger partial charge is 0.403 e. The third kappa shape index (κ3) is 3.51. The van der Waals surface area contributed by atoms with Gasteiger partial charge in [-0.25, -0.2) is 0 Å². The van der Waals surface area contributed by atoms with Crippen LogP contribution in [0.5, 0.6) is 0 Å². The first-order chi connectivity index (χ1) is 9.86. The van der Waals surface area contributed by atoms with Crippen LogP contribution in [0.2, 0.25) is 0 Å². The second kappa shape index (κ2) is 6.25. The van der Waals surface area contributed by atoms with Crippen molar-refractivity contribution in [1.29, 1.82) is 0 Å². The molecule has 1 aliphatic heterocycles. The van der Waals surface area contributed by atoms with Crippen LogP contribution in [-0.2, 0) is 11.0 Å². The number of aliphatic hydroxyl groups is 1. The zero-order chi connectivity index (χ0) is 15.6. The van der Waals surface area contributed by atoms with E-state index in [1.807, 2.05) is 6.92 Å². The highest BCUT2D eigenvalue weighted by molar-refractivity contribution is 6.32. The van der Waals surface area contributed by atoms with Crippen LogP contribution in [0.25, 0.3) is 5.76 Å². The van der Waals surface area contributed by atoms with E-state index >= 15 is 0 Å². The quantitative estimate of drug-likeness (QED) is 0.919. The number of hydrogen-bond acceptors (Lipinski definition) is 3. The Bertz CT molecular complexity index is 524. The number of benzene rings is 1. The van der Waals surface area contributed by atoms with Crippen molar-refractivity contribution in [2.24, 2.45) is 0 Å². The Labute approximate surface area is 125 Å². The van der Waals surface area contributed by atoms with E-state index in [4.69, 9.17) is 16.4 Å². The average molecular weight is 322 g/mol. The molecule has 0 fully saturated rings. The van der Waals surface area contributed by atoms with E-state index in [0.29, 0.717) is 29.3 Å². The summed E-state index contributed by atoms with van der Waals surface area (Å²) in [7, 11) is 0.